The van der Waals surface area contributed by atoms with E-state index in [1.54, 1.807) is 11.3 Å². The van der Waals surface area contributed by atoms with E-state index in [0.29, 0.717) is 13.0 Å². The van der Waals surface area contributed by atoms with Crippen LogP contribution in [0.3, 0.4) is 0 Å². The molecule has 0 atom stereocenters. The van der Waals surface area contributed by atoms with E-state index in [1.165, 1.54) is 12.0 Å². The number of rotatable bonds is 7. The summed E-state index contributed by atoms with van der Waals surface area (Å²) in [6.45, 7) is 4.06. The molecule has 2 N–H and O–H groups in total. The largest absolute Gasteiger partial charge is 0.469 e. The third-order valence-electron chi connectivity index (χ3n) is 2.40. The molecule has 0 aliphatic carbocycles. The summed E-state index contributed by atoms with van der Waals surface area (Å²) in [5.74, 6) is 0.518. The van der Waals surface area contributed by atoms with Crippen LogP contribution in [0, 0.1) is 0 Å². The van der Waals surface area contributed by atoms with Crippen LogP contribution in [0.2, 0.25) is 0 Å². The maximum absolute atomic E-state index is 11.0. The monoisotopic (exact) mass is 411 g/mol. The highest BCUT2D eigenvalue weighted by Crippen LogP contribution is 2.08. The number of carbonyl (C=O) groups excluding carboxylic acids is 1. The minimum atomic E-state index is -0.220. The quantitative estimate of drug-likeness (QED) is 0.312. The normalized spacial score (nSPS) is 10.6. The molecule has 0 radical (unpaired) electrons. The van der Waals surface area contributed by atoms with Gasteiger partial charge in [0.25, 0.3) is 0 Å². The Morgan fingerprint density at radius 1 is 1.45 bits per heavy atom. The van der Waals surface area contributed by atoms with E-state index in [0.717, 1.165) is 25.5 Å². The Morgan fingerprint density at radius 3 is 2.85 bits per heavy atom. The van der Waals surface area contributed by atoms with Gasteiger partial charge in [-0.1, -0.05) is 6.07 Å². The van der Waals surface area contributed by atoms with Crippen molar-refractivity contribution in [3.05, 3.63) is 22.4 Å². The Kier molecular flexibility index (Phi) is 11.5. The Hall–Kier alpha value is -0.830. The van der Waals surface area contributed by atoms with Gasteiger partial charge in [-0.2, -0.15) is 0 Å². The minimum absolute atomic E-state index is 0. The fraction of sp³-hybridized carbons (Fsp3) is 0.538. The maximum Gasteiger partial charge on any atom is 0.307 e. The summed E-state index contributed by atoms with van der Waals surface area (Å²) in [6, 6.07) is 4.15. The van der Waals surface area contributed by atoms with Gasteiger partial charge in [0.1, 0.15) is 0 Å². The van der Waals surface area contributed by atoms with Crippen LogP contribution in [0.5, 0.6) is 0 Å². The zero-order valence-corrected chi connectivity index (χ0v) is 15.0. The lowest BCUT2D eigenvalue weighted by molar-refractivity contribution is -0.140. The Morgan fingerprint density at radius 2 is 2.25 bits per heavy atom. The summed E-state index contributed by atoms with van der Waals surface area (Å²) in [6.07, 6.45) is 1.27. The molecule has 1 aromatic rings. The highest BCUT2D eigenvalue weighted by atomic mass is 127. The molecule has 0 aromatic carbocycles. The molecule has 0 unspecified atom stereocenters. The van der Waals surface area contributed by atoms with Crippen molar-refractivity contribution < 1.29 is 9.53 Å². The second-order valence-electron chi connectivity index (χ2n) is 3.84. The number of halogens is 1. The molecule has 0 saturated carbocycles. The molecule has 20 heavy (non-hydrogen) atoms. The molecule has 1 heterocycles. The van der Waals surface area contributed by atoms with E-state index in [1.807, 2.05) is 13.0 Å². The standard InChI is InChI=1S/C13H21N3O2S.HI/c1-3-14-13(16-9-7-12(17)18-2)15-8-6-11-5-4-10-19-11;/h4-5,10H,3,6-9H2,1-2H3,(H2,14,15,16);1H. The lowest BCUT2D eigenvalue weighted by Gasteiger charge is -2.10. The van der Waals surface area contributed by atoms with Gasteiger partial charge in [0.15, 0.2) is 5.96 Å². The molecule has 0 saturated heterocycles. The number of guanidine groups is 1. The highest BCUT2D eigenvalue weighted by molar-refractivity contribution is 14.0. The average molecular weight is 411 g/mol. The summed E-state index contributed by atoms with van der Waals surface area (Å²) in [5, 5.41) is 8.32. The number of ether oxygens (including phenoxy) is 1. The van der Waals surface area contributed by atoms with E-state index in [-0.39, 0.29) is 29.9 Å². The Bertz CT molecular complexity index is 396. The van der Waals surface area contributed by atoms with Gasteiger partial charge in [-0.15, -0.1) is 35.3 Å². The van der Waals surface area contributed by atoms with Crippen molar-refractivity contribution in [1.29, 1.82) is 0 Å². The van der Waals surface area contributed by atoms with Crippen LogP contribution < -0.4 is 10.6 Å². The summed E-state index contributed by atoms with van der Waals surface area (Å²) >= 11 is 1.74. The van der Waals surface area contributed by atoms with Crippen molar-refractivity contribution in [3.63, 3.8) is 0 Å². The number of nitrogens with zero attached hydrogens (tertiary/aromatic N) is 1. The first kappa shape index (κ1) is 19.2. The highest BCUT2D eigenvalue weighted by Gasteiger charge is 2.01. The molecule has 1 rings (SSSR count). The van der Waals surface area contributed by atoms with Crippen LogP contribution in [0.25, 0.3) is 0 Å². The number of hydrogen-bond acceptors (Lipinski definition) is 4. The van der Waals surface area contributed by atoms with E-state index in [9.17, 15) is 4.79 Å². The molecule has 7 heteroatoms. The smallest absolute Gasteiger partial charge is 0.307 e. The van der Waals surface area contributed by atoms with Gasteiger partial charge in [-0.05, 0) is 18.4 Å². The maximum atomic E-state index is 11.0. The first-order valence-corrected chi connectivity index (χ1v) is 7.25. The van der Waals surface area contributed by atoms with Gasteiger partial charge in [0, 0.05) is 30.9 Å². The number of carbonyl (C=O) groups is 1. The van der Waals surface area contributed by atoms with Crippen LogP contribution >= 0.6 is 35.3 Å². The van der Waals surface area contributed by atoms with Crippen LogP contribution in [0.1, 0.15) is 18.2 Å². The van der Waals surface area contributed by atoms with Crippen molar-refractivity contribution in [2.75, 3.05) is 26.7 Å². The number of methoxy groups -OCH3 is 1. The van der Waals surface area contributed by atoms with E-state index >= 15 is 0 Å². The average Bonchev–Trinajstić information content (AvgIpc) is 2.91. The van der Waals surface area contributed by atoms with E-state index in [4.69, 9.17) is 0 Å². The molecule has 0 spiro atoms. The van der Waals surface area contributed by atoms with Crippen LogP contribution in [-0.2, 0) is 16.0 Å². The third-order valence-corrected chi connectivity index (χ3v) is 3.34. The summed E-state index contributed by atoms with van der Waals surface area (Å²) in [5.41, 5.74) is 0. The number of aliphatic imine (C=N–C) groups is 1. The molecule has 1 aromatic heterocycles. The fourth-order valence-electron chi connectivity index (χ4n) is 1.46. The van der Waals surface area contributed by atoms with Gasteiger partial charge in [0.2, 0.25) is 0 Å². The van der Waals surface area contributed by atoms with E-state index in [2.05, 4.69) is 31.8 Å². The first-order chi connectivity index (χ1) is 9.26. The van der Waals surface area contributed by atoms with Gasteiger partial charge in [-0.25, -0.2) is 0 Å². The molecular weight excluding hydrogens is 389 g/mol. The third kappa shape index (κ3) is 8.36. The fourth-order valence-corrected chi connectivity index (χ4v) is 2.16. The van der Waals surface area contributed by atoms with Gasteiger partial charge in [-0.3, -0.25) is 9.79 Å². The zero-order valence-electron chi connectivity index (χ0n) is 11.8. The van der Waals surface area contributed by atoms with Crippen LogP contribution in [0.15, 0.2) is 22.5 Å². The molecule has 0 bridgehead atoms. The Labute approximate surface area is 141 Å². The molecular formula is C13H22IN3O2S. The van der Waals surface area contributed by atoms with Crippen LogP contribution in [-0.4, -0.2) is 38.7 Å². The van der Waals surface area contributed by atoms with Gasteiger partial charge in [0.05, 0.1) is 13.5 Å². The number of thiophene rings is 1. The van der Waals surface area contributed by atoms with Crippen molar-refractivity contribution in [1.82, 2.24) is 10.6 Å². The first-order valence-electron chi connectivity index (χ1n) is 6.37. The summed E-state index contributed by atoms with van der Waals surface area (Å²) in [7, 11) is 1.39. The van der Waals surface area contributed by atoms with E-state index < -0.39 is 0 Å². The predicted molar refractivity (Wildman–Crippen MR) is 94.1 cm³/mol. The number of nitrogens with one attached hydrogen (secondary N) is 2. The van der Waals surface area contributed by atoms with Crippen molar-refractivity contribution in [2.24, 2.45) is 4.99 Å². The predicted octanol–water partition coefficient (Wildman–Crippen LogP) is 2.03. The summed E-state index contributed by atoms with van der Waals surface area (Å²) < 4.78 is 4.58. The van der Waals surface area contributed by atoms with Crippen molar-refractivity contribution >= 4 is 47.2 Å². The second-order valence-corrected chi connectivity index (χ2v) is 4.88. The number of hydrogen-bond donors (Lipinski definition) is 2. The van der Waals surface area contributed by atoms with Crippen molar-refractivity contribution in [2.45, 2.75) is 19.8 Å². The molecule has 0 amide bonds. The summed E-state index contributed by atoms with van der Waals surface area (Å²) in [4.78, 5) is 16.8. The SMILES string of the molecule is CCNC(=NCCc1cccs1)NCCC(=O)OC.I. The lowest BCUT2D eigenvalue weighted by atomic mass is 10.3. The number of esters is 1. The molecule has 0 aliphatic rings. The zero-order chi connectivity index (χ0) is 13.9. The molecule has 5 nitrogen and oxygen atoms in total. The lowest BCUT2D eigenvalue weighted by Crippen LogP contribution is -2.38. The van der Waals surface area contributed by atoms with Crippen molar-refractivity contribution in [3.8, 4) is 0 Å². The van der Waals surface area contributed by atoms with Crippen LogP contribution in [0.4, 0.5) is 0 Å². The van der Waals surface area contributed by atoms with Gasteiger partial charge < -0.3 is 15.4 Å². The molecule has 0 fully saturated rings. The molecule has 114 valence electrons. The molecule has 0 aliphatic heterocycles. The second kappa shape index (κ2) is 12.0. The Balaban J connectivity index is 0.00000361. The van der Waals surface area contributed by atoms with Gasteiger partial charge >= 0.3 is 5.97 Å². The topological polar surface area (TPSA) is 62.7 Å². The minimum Gasteiger partial charge on any atom is -0.469 e.